The molecule has 0 bridgehead atoms. The maximum absolute atomic E-state index is 5.02. The molecule has 1 rings (SSSR count). The van der Waals surface area contributed by atoms with Crippen molar-refractivity contribution in [2.24, 2.45) is 0 Å². The highest BCUT2D eigenvalue weighted by Gasteiger charge is 1.96. The first-order valence-corrected chi connectivity index (χ1v) is 5.58. The highest BCUT2D eigenvalue weighted by molar-refractivity contribution is 8.74. The summed E-state index contributed by atoms with van der Waals surface area (Å²) in [5.74, 6) is 0. The van der Waals surface area contributed by atoms with Crippen molar-refractivity contribution in [2.45, 2.75) is 11.9 Å². The van der Waals surface area contributed by atoms with Gasteiger partial charge in [-0.15, -0.1) is 5.10 Å². The molecule has 0 fully saturated rings. The van der Waals surface area contributed by atoms with Crippen molar-refractivity contribution < 1.29 is 4.18 Å². The largest absolute Gasteiger partial charge is 0.305 e. The second-order valence-electron chi connectivity index (χ2n) is 1.30. The zero-order valence-corrected chi connectivity index (χ0v) is 7.76. The Hall–Kier alpha value is 0.220. The van der Waals surface area contributed by atoms with E-state index in [-0.39, 0.29) is 0 Å². The van der Waals surface area contributed by atoms with E-state index >= 15 is 0 Å². The van der Waals surface area contributed by atoms with E-state index in [4.69, 9.17) is 4.18 Å². The van der Waals surface area contributed by atoms with E-state index in [1.807, 2.05) is 12.3 Å². The number of aromatic nitrogens is 2. The Bertz CT molecular complexity index is 167. The van der Waals surface area contributed by atoms with Crippen LogP contribution in [-0.2, 0) is 4.18 Å². The van der Waals surface area contributed by atoms with Crippen molar-refractivity contribution in [2.75, 3.05) is 6.61 Å². The zero-order valence-electron chi connectivity index (χ0n) is 5.31. The van der Waals surface area contributed by atoms with E-state index in [1.165, 1.54) is 33.4 Å². The fraction of sp³-hybridized carbons (Fsp3) is 0.500. The monoisotopic (exact) mass is 194 g/mol. The maximum atomic E-state index is 5.02. The summed E-state index contributed by atoms with van der Waals surface area (Å²) in [7, 11) is 1.48. The van der Waals surface area contributed by atoms with Gasteiger partial charge >= 0.3 is 0 Å². The molecule has 0 saturated carbocycles. The maximum Gasteiger partial charge on any atom is 0.144 e. The van der Waals surface area contributed by atoms with Crippen molar-refractivity contribution in [1.82, 2.24) is 9.59 Å². The summed E-state index contributed by atoms with van der Waals surface area (Å²) >= 11 is 2.68. The third kappa shape index (κ3) is 2.87. The minimum absolute atomic E-state index is 0.717. The van der Waals surface area contributed by atoms with Gasteiger partial charge < -0.3 is 4.18 Å². The topological polar surface area (TPSA) is 35.0 Å². The van der Waals surface area contributed by atoms with Gasteiger partial charge in [-0.25, -0.2) is 0 Å². The molecule has 0 spiro atoms. The minimum atomic E-state index is 0.717. The number of nitrogens with zero attached hydrogens (tertiary/aromatic N) is 2. The summed E-state index contributed by atoms with van der Waals surface area (Å²) < 4.78 is 8.73. The van der Waals surface area contributed by atoms with E-state index < -0.39 is 0 Å². The standard InChI is InChI=1S/C4H6N2OS3/c1-2-7-10-9-4-3-8-6-5-4/h3H,2H2,1H3. The van der Waals surface area contributed by atoms with Crippen LogP contribution in [0.1, 0.15) is 6.92 Å². The lowest BCUT2D eigenvalue weighted by Crippen LogP contribution is -1.73. The van der Waals surface area contributed by atoms with Crippen molar-refractivity contribution in [3.63, 3.8) is 0 Å². The summed E-state index contributed by atoms with van der Waals surface area (Å²) in [5.41, 5.74) is 0. The van der Waals surface area contributed by atoms with Gasteiger partial charge in [-0.05, 0) is 29.3 Å². The highest BCUT2D eigenvalue weighted by Crippen LogP contribution is 2.29. The van der Waals surface area contributed by atoms with Crippen LogP contribution in [0, 0.1) is 0 Å². The smallest absolute Gasteiger partial charge is 0.144 e. The van der Waals surface area contributed by atoms with Gasteiger partial charge in [0.15, 0.2) is 0 Å². The van der Waals surface area contributed by atoms with Gasteiger partial charge in [-0.2, -0.15) is 0 Å². The van der Waals surface area contributed by atoms with E-state index in [1.54, 1.807) is 0 Å². The number of hydrogen-bond donors (Lipinski definition) is 0. The Balaban J connectivity index is 2.15. The molecule has 1 aromatic rings. The highest BCUT2D eigenvalue weighted by atomic mass is 33.1. The molecule has 0 aromatic carbocycles. The van der Waals surface area contributed by atoms with Crippen LogP contribution < -0.4 is 0 Å². The van der Waals surface area contributed by atoms with Crippen molar-refractivity contribution >= 4 is 33.4 Å². The number of rotatable bonds is 4. The van der Waals surface area contributed by atoms with Crippen molar-refractivity contribution in [1.29, 1.82) is 0 Å². The average Bonchev–Trinajstić information content (AvgIpc) is 2.41. The first kappa shape index (κ1) is 8.32. The molecule has 1 aromatic heterocycles. The molecule has 0 aliphatic carbocycles. The zero-order chi connectivity index (χ0) is 7.23. The summed E-state index contributed by atoms with van der Waals surface area (Å²) in [5, 5.41) is 6.61. The third-order valence-electron chi connectivity index (χ3n) is 0.625. The molecule has 0 unspecified atom stereocenters. The molecule has 1 heterocycles. The lowest BCUT2D eigenvalue weighted by atomic mass is 10.9. The molecule has 0 radical (unpaired) electrons. The normalized spacial score (nSPS) is 10.1. The first-order valence-electron chi connectivity index (χ1n) is 2.66. The Morgan fingerprint density at radius 1 is 1.80 bits per heavy atom. The molecule has 10 heavy (non-hydrogen) atoms. The molecule has 0 atom stereocenters. The second kappa shape index (κ2) is 4.95. The second-order valence-corrected chi connectivity index (χ2v) is 3.78. The van der Waals surface area contributed by atoms with Gasteiger partial charge in [0.1, 0.15) is 5.03 Å². The van der Waals surface area contributed by atoms with Gasteiger partial charge in [0.05, 0.1) is 17.7 Å². The quantitative estimate of drug-likeness (QED) is 0.417. The lowest BCUT2D eigenvalue weighted by molar-refractivity contribution is 0.408. The number of hydrogen-bond acceptors (Lipinski definition) is 6. The first-order chi connectivity index (χ1) is 4.93. The average molecular weight is 194 g/mol. The van der Waals surface area contributed by atoms with Crippen LogP contribution in [0.15, 0.2) is 10.4 Å². The Kier molecular flexibility index (Phi) is 4.12. The van der Waals surface area contributed by atoms with Crippen molar-refractivity contribution in [3.05, 3.63) is 5.38 Å². The summed E-state index contributed by atoms with van der Waals surface area (Å²) in [6.07, 6.45) is 0. The molecule has 3 nitrogen and oxygen atoms in total. The minimum Gasteiger partial charge on any atom is -0.305 e. The van der Waals surface area contributed by atoms with Gasteiger partial charge in [0, 0.05) is 5.38 Å². The molecule has 0 aliphatic rings. The van der Waals surface area contributed by atoms with E-state index in [9.17, 15) is 0 Å². The molecule has 56 valence electrons. The predicted molar refractivity (Wildman–Crippen MR) is 45.0 cm³/mol. The van der Waals surface area contributed by atoms with Crippen LogP contribution >= 0.6 is 33.4 Å². The fourth-order valence-electron chi connectivity index (χ4n) is 0.299. The SMILES string of the molecule is CCOSSc1csnn1. The Morgan fingerprint density at radius 3 is 3.30 bits per heavy atom. The molecule has 0 N–H and O–H groups in total. The van der Waals surface area contributed by atoms with Crippen LogP contribution in [0.5, 0.6) is 0 Å². The fourth-order valence-corrected chi connectivity index (χ4v) is 2.34. The summed E-state index contributed by atoms with van der Waals surface area (Å²) in [6.45, 7) is 2.67. The third-order valence-corrected chi connectivity index (χ3v) is 3.05. The van der Waals surface area contributed by atoms with E-state index in [0.29, 0.717) is 0 Å². The van der Waals surface area contributed by atoms with Gasteiger partial charge in [0.2, 0.25) is 0 Å². The molecular formula is C4H6N2OS3. The van der Waals surface area contributed by atoms with E-state index in [2.05, 4.69) is 9.59 Å². The Labute approximate surface area is 71.3 Å². The van der Waals surface area contributed by atoms with Crippen LogP contribution in [0.25, 0.3) is 0 Å². The molecule has 6 heteroatoms. The molecule has 0 aliphatic heterocycles. The van der Waals surface area contributed by atoms with Crippen LogP contribution in [0.3, 0.4) is 0 Å². The van der Waals surface area contributed by atoms with Crippen LogP contribution in [0.4, 0.5) is 0 Å². The lowest BCUT2D eigenvalue weighted by Gasteiger charge is -1.92. The van der Waals surface area contributed by atoms with Crippen LogP contribution in [0.2, 0.25) is 0 Å². The predicted octanol–water partition coefficient (Wildman–Crippen LogP) is 2.23. The van der Waals surface area contributed by atoms with E-state index in [0.717, 1.165) is 11.6 Å². The van der Waals surface area contributed by atoms with Gasteiger partial charge in [-0.3, -0.25) is 0 Å². The molecule has 0 saturated heterocycles. The molecular weight excluding hydrogens is 188 g/mol. The summed E-state index contributed by atoms with van der Waals surface area (Å²) in [6, 6.07) is 0. The van der Waals surface area contributed by atoms with Gasteiger partial charge in [0.25, 0.3) is 0 Å². The van der Waals surface area contributed by atoms with Gasteiger partial charge in [-0.1, -0.05) is 4.49 Å². The van der Waals surface area contributed by atoms with Crippen molar-refractivity contribution in [3.8, 4) is 0 Å². The van der Waals surface area contributed by atoms with Crippen LogP contribution in [-0.4, -0.2) is 16.2 Å². The molecule has 0 amide bonds. The Morgan fingerprint density at radius 2 is 2.70 bits per heavy atom. The summed E-state index contributed by atoms with van der Waals surface area (Å²) in [4.78, 5) is 0.